The summed E-state index contributed by atoms with van der Waals surface area (Å²) in [5.74, 6) is 2.73. The van der Waals surface area contributed by atoms with E-state index >= 15 is 0 Å². The summed E-state index contributed by atoms with van der Waals surface area (Å²) in [4.78, 5) is 0. The van der Waals surface area contributed by atoms with Crippen LogP contribution < -0.4 is 10.1 Å². The van der Waals surface area contributed by atoms with Crippen molar-refractivity contribution in [3.63, 3.8) is 0 Å². The average Bonchev–Trinajstić information content (AvgIpc) is 2.74. The Morgan fingerprint density at radius 3 is 2.71 bits per heavy atom. The highest BCUT2D eigenvalue weighted by Crippen LogP contribution is 2.24. The molecule has 1 aromatic carbocycles. The molecule has 1 aromatic heterocycles. The van der Waals surface area contributed by atoms with Crippen molar-refractivity contribution >= 4 is 5.69 Å². The summed E-state index contributed by atoms with van der Waals surface area (Å²) in [5.41, 5.74) is 0.989. The minimum absolute atomic E-state index is 0.665. The molecule has 0 amide bonds. The van der Waals surface area contributed by atoms with E-state index in [-0.39, 0.29) is 0 Å². The van der Waals surface area contributed by atoms with Crippen LogP contribution in [0, 0.1) is 6.92 Å². The van der Waals surface area contributed by atoms with E-state index in [2.05, 4.69) is 5.32 Å². The molecule has 3 heteroatoms. The molecule has 0 bridgehead atoms. The van der Waals surface area contributed by atoms with E-state index in [0.717, 1.165) is 23.0 Å². The van der Waals surface area contributed by atoms with Gasteiger partial charge < -0.3 is 14.5 Å². The predicted octanol–water partition coefficient (Wildman–Crippen LogP) is 3.60. The molecule has 0 saturated carbocycles. The Hall–Kier alpha value is -1.90. The number of aryl methyl sites for hydroxylation is 1. The second kappa shape index (κ2) is 5.43. The van der Waals surface area contributed by atoms with Crippen LogP contribution in [0.1, 0.15) is 18.4 Å². The minimum atomic E-state index is 0.665. The third-order valence-corrected chi connectivity index (χ3v) is 2.44. The number of ether oxygens (including phenoxy) is 1. The lowest BCUT2D eigenvalue weighted by Crippen LogP contribution is -2.01. The van der Waals surface area contributed by atoms with Gasteiger partial charge in [0.05, 0.1) is 18.8 Å². The van der Waals surface area contributed by atoms with Gasteiger partial charge in [0.1, 0.15) is 17.3 Å². The van der Waals surface area contributed by atoms with Crippen molar-refractivity contribution in [3.8, 4) is 5.75 Å². The van der Waals surface area contributed by atoms with Crippen LogP contribution in [0.4, 0.5) is 5.69 Å². The van der Waals surface area contributed by atoms with Crippen LogP contribution in [0.3, 0.4) is 0 Å². The predicted molar refractivity (Wildman–Crippen MR) is 68.4 cm³/mol. The lowest BCUT2D eigenvalue weighted by atomic mass is 10.3. The van der Waals surface area contributed by atoms with Crippen molar-refractivity contribution in [2.24, 2.45) is 0 Å². The topological polar surface area (TPSA) is 34.4 Å². The molecule has 0 aliphatic rings. The van der Waals surface area contributed by atoms with Gasteiger partial charge in [0, 0.05) is 0 Å². The fourth-order valence-electron chi connectivity index (χ4n) is 1.66. The lowest BCUT2D eigenvalue weighted by molar-refractivity contribution is 0.341. The molecule has 0 spiro atoms. The molecular weight excluding hydrogens is 214 g/mol. The Bertz CT molecular complexity index is 477. The lowest BCUT2D eigenvalue weighted by Gasteiger charge is -2.10. The Kier molecular flexibility index (Phi) is 3.70. The molecular formula is C14H17NO2. The zero-order valence-corrected chi connectivity index (χ0v) is 10.2. The van der Waals surface area contributed by atoms with Crippen molar-refractivity contribution in [2.75, 3.05) is 11.9 Å². The Morgan fingerprint density at radius 2 is 2.00 bits per heavy atom. The quantitative estimate of drug-likeness (QED) is 0.853. The normalized spacial score (nSPS) is 10.2. The number of para-hydroxylation sites is 2. The molecule has 0 aliphatic heterocycles. The van der Waals surface area contributed by atoms with E-state index in [9.17, 15) is 0 Å². The molecule has 0 atom stereocenters. The summed E-state index contributed by atoms with van der Waals surface area (Å²) in [6.45, 7) is 5.25. The Balaban J connectivity index is 2.03. The van der Waals surface area contributed by atoms with Crippen LogP contribution in [-0.4, -0.2) is 6.61 Å². The minimum Gasteiger partial charge on any atom is -0.492 e. The molecule has 0 radical (unpaired) electrons. The van der Waals surface area contributed by atoms with Crippen LogP contribution in [-0.2, 0) is 6.54 Å². The SMILES string of the molecule is CCOc1ccccc1NCc1ccc(C)o1. The first kappa shape index (κ1) is 11.6. The van der Waals surface area contributed by atoms with E-state index < -0.39 is 0 Å². The van der Waals surface area contributed by atoms with E-state index in [1.54, 1.807) is 0 Å². The average molecular weight is 231 g/mol. The molecule has 0 fully saturated rings. The third-order valence-electron chi connectivity index (χ3n) is 2.44. The van der Waals surface area contributed by atoms with Crippen LogP contribution >= 0.6 is 0 Å². The highest BCUT2D eigenvalue weighted by molar-refractivity contribution is 5.56. The van der Waals surface area contributed by atoms with Crippen LogP contribution in [0.5, 0.6) is 5.75 Å². The molecule has 2 rings (SSSR count). The smallest absolute Gasteiger partial charge is 0.142 e. The van der Waals surface area contributed by atoms with Crippen LogP contribution in [0.2, 0.25) is 0 Å². The second-order valence-electron chi connectivity index (χ2n) is 3.80. The number of hydrogen-bond donors (Lipinski definition) is 1. The monoisotopic (exact) mass is 231 g/mol. The van der Waals surface area contributed by atoms with E-state index in [4.69, 9.17) is 9.15 Å². The molecule has 0 saturated heterocycles. The zero-order valence-electron chi connectivity index (χ0n) is 10.2. The maximum Gasteiger partial charge on any atom is 0.142 e. The van der Waals surface area contributed by atoms with Gasteiger partial charge in [-0.1, -0.05) is 12.1 Å². The zero-order chi connectivity index (χ0) is 12.1. The summed E-state index contributed by atoms with van der Waals surface area (Å²) < 4.78 is 11.0. The van der Waals surface area contributed by atoms with E-state index in [1.165, 1.54) is 0 Å². The fourth-order valence-corrected chi connectivity index (χ4v) is 1.66. The summed E-state index contributed by atoms with van der Waals surface area (Å²) in [7, 11) is 0. The van der Waals surface area contributed by atoms with Gasteiger partial charge in [0.25, 0.3) is 0 Å². The summed E-state index contributed by atoms with van der Waals surface area (Å²) in [5, 5.41) is 3.31. The molecule has 3 nitrogen and oxygen atoms in total. The molecule has 0 unspecified atom stereocenters. The summed E-state index contributed by atoms with van der Waals surface area (Å²) in [6, 6.07) is 11.8. The molecule has 1 N–H and O–H groups in total. The summed E-state index contributed by atoms with van der Waals surface area (Å²) >= 11 is 0. The van der Waals surface area contributed by atoms with Gasteiger partial charge in [-0.2, -0.15) is 0 Å². The maximum absolute atomic E-state index is 5.54. The number of rotatable bonds is 5. The number of anilines is 1. The number of benzene rings is 1. The number of hydrogen-bond acceptors (Lipinski definition) is 3. The fraction of sp³-hybridized carbons (Fsp3) is 0.286. The first-order valence-electron chi connectivity index (χ1n) is 5.80. The first-order chi connectivity index (χ1) is 8.29. The summed E-state index contributed by atoms with van der Waals surface area (Å²) in [6.07, 6.45) is 0. The van der Waals surface area contributed by atoms with Gasteiger partial charge in [-0.25, -0.2) is 0 Å². The standard InChI is InChI=1S/C14H17NO2/c1-3-16-14-7-5-4-6-13(14)15-10-12-9-8-11(2)17-12/h4-9,15H,3,10H2,1-2H3. The van der Waals surface area contributed by atoms with Crippen molar-refractivity contribution in [1.29, 1.82) is 0 Å². The van der Waals surface area contributed by atoms with Crippen molar-refractivity contribution in [1.82, 2.24) is 0 Å². The second-order valence-corrected chi connectivity index (χ2v) is 3.80. The van der Waals surface area contributed by atoms with Crippen LogP contribution in [0.25, 0.3) is 0 Å². The Labute approximate surface area is 101 Å². The van der Waals surface area contributed by atoms with Gasteiger partial charge in [0.15, 0.2) is 0 Å². The van der Waals surface area contributed by atoms with Gasteiger partial charge in [0.2, 0.25) is 0 Å². The largest absolute Gasteiger partial charge is 0.492 e. The molecule has 90 valence electrons. The third kappa shape index (κ3) is 3.03. The maximum atomic E-state index is 5.54. The molecule has 1 heterocycles. The van der Waals surface area contributed by atoms with Crippen molar-refractivity contribution < 1.29 is 9.15 Å². The number of furan rings is 1. The molecule has 0 aliphatic carbocycles. The van der Waals surface area contributed by atoms with E-state index in [0.29, 0.717) is 13.2 Å². The molecule has 2 aromatic rings. The number of nitrogens with one attached hydrogen (secondary N) is 1. The first-order valence-corrected chi connectivity index (χ1v) is 5.80. The van der Waals surface area contributed by atoms with Gasteiger partial charge in [-0.15, -0.1) is 0 Å². The highest BCUT2D eigenvalue weighted by Gasteiger charge is 2.03. The van der Waals surface area contributed by atoms with Gasteiger partial charge in [-0.3, -0.25) is 0 Å². The van der Waals surface area contributed by atoms with E-state index in [1.807, 2.05) is 50.2 Å². The van der Waals surface area contributed by atoms with Crippen LogP contribution in [0.15, 0.2) is 40.8 Å². The Morgan fingerprint density at radius 1 is 1.18 bits per heavy atom. The van der Waals surface area contributed by atoms with Crippen molar-refractivity contribution in [3.05, 3.63) is 47.9 Å². The van der Waals surface area contributed by atoms with Gasteiger partial charge in [-0.05, 0) is 38.1 Å². The molecule has 17 heavy (non-hydrogen) atoms. The van der Waals surface area contributed by atoms with Gasteiger partial charge >= 0.3 is 0 Å². The van der Waals surface area contributed by atoms with Crippen molar-refractivity contribution in [2.45, 2.75) is 20.4 Å². The highest BCUT2D eigenvalue weighted by atomic mass is 16.5.